The van der Waals surface area contributed by atoms with E-state index in [-0.39, 0.29) is 18.1 Å². The number of hydrogen-bond donors (Lipinski definition) is 1. The van der Waals surface area contributed by atoms with Crippen LogP contribution in [0, 0.1) is 0 Å². The molecule has 2 atom stereocenters. The third-order valence-electron chi connectivity index (χ3n) is 4.14. The van der Waals surface area contributed by atoms with Gasteiger partial charge < -0.3 is 15.4 Å². The highest BCUT2D eigenvalue weighted by molar-refractivity contribution is 5.77. The molecule has 2 rings (SSSR count). The van der Waals surface area contributed by atoms with Gasteiger partial charge in [0.2, 0.25) is 5.91 Å². The van der Waals surface area contributed by atoms with Crippen molar-refractivity contribution < 1.29 is 9.53 Å². The Morgan fingerprint density at radius 1 is 1.32 bits per heavy atom. The molecular formula is C14H27N3O2. The minimum atomic E-state index is 0.164. The summed E-state index contributed by atoms with van der Waals surface area (Å²) in [5, 5.41) is 0. The van der Waals surface area contributed by atoms with Gasteiger partial charge in [-0.3, -0.25) is 9.69 Å². The summed E-state index contributed by atoms with van der Waals surface area (Å²) in [4.78, 5) is 16.6. The first-order valence-corrected chi connectivity index (χ1v) is 7.54. The van der Waals surface area contributed by atoms with Crippen molar-refractivity contribution in [2.45, 2.75) is 44.8 Å². The zero-order chi connectivity index (χ0) is 13.7. The van der Waals surface area contributed by atoms with Crippen molar-refractivity contribution in [3.05, 3.63) is 0 Å². The average molecular weight is 269 g/mol. The summed E-state index contributed by atoms with van der Waals surface area (Å²) in [6.45, 7) is 7.18. The Labute approximate surface area is 116 Å². The second-order valence-electron chi connectivity index (χ2n) is 5.71. The normalized spacial score (nSPS) is 27.3. The van der Waals surface area contributed by atoms with E-state index in [0.29, 0.717) is 13.0 Å². The number of ether oxygens (including phenoxy) is 1. The molecule has 2 saturated heterocycles. The minimum Gasteiger partial charge on any atom is -0.377 e. The van der Waals surface area contributed by atoms with E-state index in [9.17, 15) is 4.79 Å². The lowest BCUT2D eigenvalue weighted by Crippen LogP contribution is -2.46. The fraction of sp³-hybridized carbons (Fsp3) is 0.929. The molecule has 5 heteroatoms. The first kappa shape index (κ1) is 14.8. The van der Waals surface area contributed by atoms with Gasteiger partial charge in [0.25, 0.3) is 0 Å². The maximum Gasteiger partial charge on any atom is 0.224 e. The van der Waals surface area contributed by atoms with E-state index in [1.807, 2.05) is 4.90 Å². The van der Waals surface area contributed by atoms with E-state index in [4.69, 9.17) is 10.5 Å². The number of likely N-dealkylation sites (tertiary alicyclic amines) is 1. The predicted molar refractivity (Wildman–Crippen MR) is 74.9 cm³/mol. The summed E-state index contributed by atoms with van der Waals surface area (Å²) < 4.78 is 5.65. The van der Waals surface area contributed by atoms with Crippen molar-refractivity contribution in [3.63, 3.8) is 0 Å². The van der Waals surface area contributed by atoms with Crippen LogP contribution < -0.4 is 5.73 Å². The van der Waals surface area contributed by atoms with Crippen LogP contribution >= 0.6 is 0 Å². The van der Waals surface area contributed by atoms with Crippen LogP contribution in [0.25, 0.3) is 0 Å². The third-order valence-corrected chi connectivity index (χ3v) is 4.14. The van der Waals surface area contributed by atoms with Crippen molar-refractivity contribution in [1.82, 2.24) is 9.80 Å². The first-order valence-electron chi connectivity index (χ1n) is 7.54. The highest BCUT2D eigenvalue weighted by Gasteiger charge is 2.26. The summed E-state index contributed by atoms with van der Waals surface area (Å²) in [5.74, 6) is 0.269. The second kappa shape index (κ2) is 7.22. The summed E-state index contributed by atoms with van der Waals surface area (Å²) in [6.07, 6.45) is 4.11. The maximum absolute atomic E-state index is 12.2. The fourth-order valence-electron chi connectivity index (χ4n) is 3.02. The van der Waals surface area contributed by atoms with Crippen LogP contribution in [0.1, 0.15) is 32.6 Å². The smallest absolute Gasteiger partial charge is 0.224 e. The Hall–Kier alpha value is -0.650. The monoisotopic (exact) mass is 269 g/mol. The quantitative estimate of drug-likeness (QED) is 0.804. The highest BCUT2D eigenvalue weighted by Crippen LogP contribution is 2.15. The molecule has 1 amide bonds. The van der Waals surface area contributed by atoms with Gasteiger partial charge in [-0.05, 0) is 26.2 Å². The summed E-state index contributed by atoms with van der Waals surface area (Å²) in [5.41, 5.74) is 5.89. The Morgan fingerprint density at radius 3 is 2.74 bits per heavy atom. The van der Waals surface area contributed by atoms with E-state index >= 15 is 0 Å². The van der Waals surface area contributed by atoms with Gasteiger partial charge in [0.15, 0.2) is 0 Å². The van der Waals surface area contributed by atoms with Crippen LogP contribution in [0.2, 0.25) is 0 Å². The maximum atomic E-state index is 12.2. The molecule has 2 unspecified atom stereocenters. The van der Waals surface area contributed by atoms with Gasteiger partial charge in [-0.1, -0.05) is 0 Å². The van der Waals surface area contributed by atoms with E-state index in [2.05, 4.69) is 11.8 Å². The fourth-order valence-corrected chi connectivity index (χ4v) is 3.02. The molecule has 2 heterocycles. The Morgan fingerprint density at radius 2 is 2.05 bits per heavy atom. The molecule has 0 aliphatic carbocycles. The predicted octanol–water partition coefficient (Wildman–Crippen LogP) is 0.437. The number of nitrogens with zero attached hydrogens (tertiary/aromatic N) is 2. The Balaban J connectivity index is 1.88. The lowest BCUT2D eigenvalue weighted by atomic mass is 10.1. The molecule has 19 heavy (non-hydrogen) atoms. The third kappa shape index (κ3) is 4.16. The molecule has 2 N–H and O–H groups in total. The number of carbonyl (C=O) groups is 1. The largest absolute Gasteiger partial charge is 0.377 e. The van der Waals surface area contributed by atoms with Gasteiger partial charge in [-0.15, -0.1) is 0 Å². The Kier molecular flexibility index (Phi) is 5.60. The molecule has 0 aromatic rings. The van der Waals surface area contributed by atoms with Crippen LogP contribution in [0.4, 0.5) is 0 Å². The standard InChI is InChI=1S/C14H27N3O2/c1-12-11-17(7-4-8-19-12)13(10-15)9-14(18)16-5-2-3-6-16/h12-13H,2-11,15H2,1H3. The molecule has 0 radical (unpaired) electrons. The highest BCUT2D eigenvalue weighted by atomic mass is 16.5. The van der Waals surface area contributed by atoms with E-state index in [0.717, 1.165) is 52.0 Å². The molecule has 110 valence electrons. The van der Waals surface area contributed by atoms with Crippen molar-refractivity contribution in [3.8, 4) is 0 Å². The molecule has 0 saturated carbocycles. The number of rotatable bonds is 4. The molecule has 0 aromatic carbocycles. The first-order chi connectivity index (χ1) is 9.20. The average Bonchev–Trinajstić information content (AvgIpc) is 2.85. The van der Waals surface area contributed by atoms with Crippen molar-refractivity contribution in [1.29, 1.82) is 0 Å². The number of nitrogens with two attached hydrogens (primary N) is 1. The van der Waals surface area contributed by atoms with Crippen LogP contribution in [0.3, 0.4) is 0 Å². The van der Waals surface area contributed by atoms with Crippen molar-refractivity contribution in [2.24, 2.45) is 5.73 Å². The molecule has 0 aromatic heterocycles. The van der Waals surface area contributed by atoms with Crippen LogP contribution in [-0.4, -0.2) is 67.2 Å². The van der Waals surface area contributed by atoms with Crippen molar-refractivity contribution >= 4 is 5.91 Å². The van der Waals surface area contributed by atoms with Gasteiger partial charge in [0.05, 0.1) is 6.10 Å². The summed E-state index contributed by atoms with van der Waals surface area (Å²) >= 11 is 0. The number of hydrogen-bond acceptors (Lipinski definition) is 4. The van der Waals surface area contributed by atoms with E-state index < -0.39 is 0 Å². The molecule has 2 aliphatic rings. The summed E-state index contributed by atoms with van der Waals surface area (Å²) in [7, 11) is 0. The SMILES string of the molecule is CC1CN(C(CN)CC(=O)N2CCCC2)CCCO1. The van der Waals surface area contributed by atoms with Crippen molar-refractivity contribution in [2.75, 3.05) is 39.3 Å². The van der Waals surface area contributed by atoms with Gasteiger partial charge in [-0.2, -0.15) is 0 Å². The topological polar surface area (TPSA) is 58.8 Å². The van der Waals surface area contributed by atoms with Gasteiger partial charge in [0.1, 0.15) is 0 Å². The van der Waals surface area contributed by atoms with Crippen LogP contribution in [0.15, 0.2) is 0 Å². The molecule has 5 nitrogen and oxygen atoms in total. The zero-order valence-corrected chi connectivity index (χ0v) is 12.0. The Bertz CT molecular complexity index is 292. The minimum absolute atomic E-state index is 0.164. The lowest BCUT2D eigenvalue weighted by molar-refractivity contribution is -0.131. The number of amides is 1. The molecular weight excluding hydrogens is 242 g/mol. The second-order valence-corrected chi connectivity index (χ2v) is 5.71. The number of carbonyl (C=O) groups excluding carboxylic acids is 1. The molecule has 2 aliphatic heterocycles. The van der Waals surface area contributed by atoms with E-state index in [1.54, 1.807) is 0 Å². The van der Waals surface area contributed by atoms with Gasteiger partial charge >= 0.3 is 0 Å². The molecule has 0 spiro atoms. The zero-order valence-electron chi connectivity index (χ0n) is 12.0. The summed E-state index contributed by atoms with van der Waals surface area (Å²) in [6, 6.07) is 0.164. The van der Waals surface area contributed by atoms with Crippen LogP contribution in [-0.2, 0) is 9.53 Å². The lowest BCUT2D eigenvalue weighted by Gasteiger charge is -2.31. The molecule has 2 fully saturated rings. The van der Waals surface area contributed by atoms with Crippen LogP contribution in [0.5, 0.6) is 0 Å². The van der Waals surface area contributed by atoms with E-state index in [1.165, 1.54) is 0 Å². The van der Waals surface area contributed by atoms with Gasteiger partial charge in [-0.25, -0.2) is 0 Å². The molecule has 0 bridgehead atoms. The van der Waals surface area contributed by atoms with Gasteiger partial charge in [0, 0.05) is 51.8 Å².